The largest absolute Gasteiger partial charge is 0.495 e. The zero-order valence-electron chi connectivity index (χ0n) is 14.8. The van der Waals surface area contributed by atoms with Crippen molar-refractivity contribution in [1.29, 1.82) is 0 Å². The molecular formula is C19H22ClFN2O3. The number of methoxy groups -OCH3 is 1. The molecule has 0 saturated heterocycles. The molecule has 1 amide bonds. The lowest BCUT2D eigenvalue weighted by molar-refractivity contribution is -0.129. The average molecular weight is 381 g/mol. The van der Waals surface area contributed by atoms with Crippen LogP contribution in [0.25, 0.3) is 0 Å². The van der Waals surface area contributed by atoms with Crippen LogP contribution in [-0.4, -0.2) is 44.7 Å². The molecule has 0 aliphatic rings. The molecular weight excluding hydrogens is 359 g/mol. The zero-order valence-corrected chi connectivity index (χ0v) is 15.6. The fraction of sp³-hybridized carbons (Fsp3) is 0.316. The standard InChI is InChI=1S/C19H22ClFN2O3/c1-23(11-12-26-16-6-4-15(21)5-7-16)19(24)9-10-22-17-13-14(20)3-8-18(17)25-2/h3-8,13,22H,9-12H2,1-2H3. The highest BCUT2D eigenvalue weighted by Gasteiger charge is 2.10. The maximum absolute atomic E-state index is 12.8. The molecule has 0 atom stereocenters. The van der Waals surface area contributed by atoms with Gasteiger partial charge in [0.05, 0.1) is 19.3 Å². The van der Waals surface area contributed by atoms with Crippen molar-refractivity contribution in [3.05, 3.63) is 53.3 Å². The Morgan fingerprint density at radius 3 is 2.65 bits per heavy atom. The summed E-state index contributed by atoms with van der Waals surface area (Å²) >= 11 is 5.98. The van der Waals surface area contributed by atoms with E-state index in [2.05, 4.69) is 5.32 Å². The van der Waals surface area contributed by atoms with Crippen molar-refractivity contribution in [1.82, 2.24) is 4.90 Å². The first kappa shape index (κ1) is 19.8. The van der Waals surface area contributed by atoms with Gasteiger partial charge in [0.15, 0.2) is 0 Å². The number of hydrogen-bond acceptors (Lipinski definition) is 4. The lowest BCUT2D eigenvalue weighted by Gasteiger charge is -2.18. The third kappa shape index (κ3) is 6.11. The number of halogens is 2. The minimum Gasteiger partial charge on any atom is -0.495 e. The molecule has 0 aromatic heterocycles. The minimum absolute atomic E-state index is 0.0128. The Kier molecular flexibility index (Phi) is 7.53. The van der Waals surface area contributed by atoms with Gasteiger partial charge in [-0.1, -0.05) is 11.6 Å². The number of anilines is 1. The van der Waals surface area contributed by atoms with Crippen LogP contribution in [0.5, 0.6) is 11.5 Å². The smallest absolute Gasteiger partial charge is 0.224 e. The first-order valence-corrected chi connectivity index (χ1v) is 8.57. The first-order valence-electron chi connectivity index (χ1n) is 8.19. The van der Waals surface area contributed by atoms with Gasteiger partial charge in [0.1, 0.15) is 23.9 Å². The van der Waals surface area contributed by atoms with E-state index in [4.69, 9.17) is 21.1 Å². The van der Waals surface area contributed by atoms with Crippen LogP contribution >= 0.6 is 11.6 Å². The van der Waals surface area contributed by atoms with Gasteiger partial charge in [0.25, 0.3) is 0 Å². The van der Waals surface area contributed by atoms with E-state index in [0.29, 0.717) is 42.6 Å². The molecule has 0 saturated carbocycles. The number of nitrogens with zero attached hydrogens (tertiary/aromatic N) is 1. The van der Waals surface area contributed by atoms with Crippen molar-refractivity contribution in [2.75, 3.05) is 39.2 Å². The second-order valence-electron chi connectivity index (χ2n) is 5.64. The number of nitrogens with one attached hydrogen (secondary N) is 1. The van der Waals surface area contributed by atoms with E-state index in [-0.39, 0.29) is 11.7 Å². The molecule has 0 heterocycles. The van der Waals surface area contributed by atoms with Crippen LogP contribution in [0.15, 0.2) is 42.5 Å². The number of hydrogen-bond donors (Lipinski definition) is 1. The second-order valence-corrected chi connectivity index (χ2v) is 6.08. The molecule has 0 spiro atoms. The van der Waals surface area contributed by atoms with Crippen molar-refractivity contribution in [3.8, 4) is 11.5 Å². The van der Waals surface area contributed by atoms with Crippen molar-refractivity contribution < 1.29 is 18.7 Å². The molecule has 0 fully saturated rings. The quantitative estimate of drug-likeness (QED) is 0.718. The molecule has 0 aliphatic heterocycles. The Hall–Kier alpha value is -2.47. The molecule has 140 valence electrons. The van der Waals surface area contributed by atoms with E-state index in [0.717, 1.165) is 5.69 Å². The van der Waals surface area contributed by atoms with E-state index >= 15 is 0 Å². The average Bonchev–Trinajstić information content (AvgIpc) is 2.63. The van der Waals surface area contributed by atoms with E-state index in [1.54, 1.807) is 49.4 Å². The van der Waals surface area contributed by atoms with Crippen molar-refractivity contribution >= 4 is 23.2 Å². The molecule has 7 heteroatoms. The highest BCUT2D eigenvalue weighted by molar-refractivity contribution is 6.30. The Bertz CT molecular complexity index is 725. The summed E-state index contributed by atoms with van der Waals surface area (Å²) in [6, 6.07) is 11.0. The molecule has 2 aromatic carbocycles. The van der Waals surface area contributed by atoms with Gasteiger partial charge in [-0.05, 0) is 42.5 Å². The summed E-state index contributed by atoms with van der Waals surface area (Å²) in [7, 11) is 3.30. The summed E-state index contributed by atoms with van der Waals surface area (Å²) in [6.45, 7) is 1.23. The normalized spacial score (nSPS) is 10.3. The van der Waals surface area contributed by atoms with Crippen LogP contribution in [0.1, 0.15) is 6.42 Å². The molecule has 0 aliphatic carbocycles. The Morgan fingerprint density at radius 1 is 1.23 bits per heavy atom. The molecule has 26 heavy (non-hydrogen) atoms. The molecule has 2 aromatic rings. The molecule has 0 unspecified atom stereocenters. The Labute approximate surface area is 157 Å². The monoisotopic (exact) mass is 380 g/mol. The van der Waals surface area contributed by atoms with Gasteiger partial charge >= 0.3 is 0 Å². The number of likely N-dealkylation sites (N-methyl/N-ethyl adjacent to an activating group) is 1. The summed E-state index contributed by atoms with van der Waals surface area (Å²) in [6.07, 6.45) is 0.322. The number of carbonyl (C=O) groups excluding carboxylic acids is 1. The minimum atomic E-state index is -0.312. The van der Waals surface area contributed by atoms with E-state index in [9.17, 15) is 9.18 Å². The van der Waals surface area contributed by atoms with Crippen LogP contribution in [0.3, 0.4) is 0 Å². The van der Waals surface area contributed by atoms with Gasteiger partial charge in [-0.3, -0.25) is 4.79 Å². The molecule has 0 radical (unpaired) electrons. The highest BCUT2D eigenvalue weighted by Crippen LogP contribution is 2.27. The van der Waals surface area contributed by atoms with Gasteiger partial charge in [0.2, 0.25) is 5.91 Å². The summed E-state index contributed by atoms with van der Waals surface area (Å²) in [5.41, 5.74) is 0.745. The third-order valence-corrected chi connectivity index (χ3v) is 3.99. The second kappa shape index (κ2) is 9.87. The predicted octanol–water partition coefficient (Wildman–Crippen LogP) is 3.83. The summed E-state index contributed by atoms with van der Waals surface area (Å²) in [5, 5.41) is 3.75. The SMILES string of the molecule is COc1ccc(Cl)cc1NCCC(=O)N(C)CCOc1ccc(F)cc1. The topological polar surface area (TPSA) is 50.8 Å². The van der Waals surface area contributed by atoms with Gasteiger partial charge < -0.3 is 19.7 Å². The van der Waals surface area contributed by atoms with E-state index in [1.165, 1.54) is 12.1 Å². The predicted molar refractivity (Wildman–Crippen MR) is 101 cm³/mol. The van der Waals surface area contributed by atoms with Crippen molar-refractivity contribution in [2.45, 2.75) is 6.42 Å². The Balaban J connectivity index is 1.72. The fourth-order valence-electron chi connectivity index (χ4n) is 2.27. The number of rotatable bonds is 9. The van der Waals surface area contributed by atoms with E-state index < -0.39 is 0 Å². The number of carbonyl (C=O) groups is 1. The molecule has 0 bridgehead atoms. The lowest BCUT2D eigenvalue weighted by Crippen LogP contribution is -2.32. The van der Waals surface area contributed by atoms with Crippen LogP contribution in [0.4, 0.5) is 10.1 Å². The zero-order chi connectivity index (χ0) is 18.9. The molecule has 2 rings (SSSR count). The van der Waals surface area contributed by atoms with Gasteiger partial charge in [-0.2, -0.15) is 0 Å². The lowest BCUT2D eigenvalue weighted by atomic mass is 10.2. The van der Waals surface area contributed by atoms with Crippen LogP contribution in [-0.2, 0) is 4.79 Å². The van der Waals surface area contributed by atoms with E-state index in [1.807, 2.05) is 0 Å². The number of amides is 1. The Morgan fingerprint density at radius 2 is 1.96 bits per heavy atom. The number of benzene rings is 2. The van der Waals surface area contributed by atoms with Crippen molar-refractivity contribution in [2.24, 2.45) is 0 Å². The molecule has 5 nitrogen and oxygen atoms in total. The summed E-state index contributed by atoms with van der Waals surface area (Å²) in [4.78, 5) is 13.8. The van der Waals surface area contributed by atoms with Crippen LogP contribution in [0, 0.1) is 5.82 Å². The summed E-state index contributed by atoms with van der Waals surface area (Å²) < 4.78 is 23.6. The van der Waals surface area contributed by atoms with Crippen LogP contribution < -0.4 is 14.8 Å². The molecule has 1 N–H and O–H groups in total. The van der Waals surface area contributed by atoms with Crippen LogP contribution in [0.2, 0.25) is 5.02 Å². The van der Waals surface area contributed by atoms with Gasteiger partial charge in [-0.15, -0.1) is 0 Å². The fourth-order valence-corrected chi connectivity index (χ4v) is 2.44. The maximum Gasteiger partial charge on any atom is 0.224 e. The highest BCUT2D eigenvalue weighted by atomic mass is 35.5. The number of ether oxygens (including phenoxy) is 2. The summed E-state index contributed by atoms with van der Waals surface area (Å²) in [5.74, 6) is 0.916. The van der Waals surface area contributed by atoms with Crippen molar-refractivity contribution in [3.63, 3.8) is 0 Å². The first-order chi connectivity index (χ1) is 12.5. The maximum atomic E-state index is 12.8. The third-order valence-electron chi connectivity index (χ3n) is 3.75. The van der Waals surface area contributed by atoms with Gasteiger partial charge in [0, 0.05) is 25.0 Å². The van der Waals surface area contributed by atoms with Gasteiger partial charge in [-0.25, -0.2) is 4.39 Å².